The van der Waals surface area contributed by atoms with Crippen LogP contribution in [0.2, 0.25) is 0 Å². The number of aryl methyl sites for hydroxylation is 1. The summed E-state index contributed by atoms with van der Waals surface area (Å²) in [7, 11) is -3.13. The van der Waals surface area contributed by atoms with Crippen molar-refractivity contribution in [3.05, 3.63) is 65.9 Å². The molecule has 2 aliphatic heterocycles. The normalized spacial score (nSPS) is 18.3. The van der Waals surface area contributed by atoms with Gasteiger partial charge < -0.3 is 14.8 Å². The molecule has 1 atom stereocenters. The van der Waals surface area contributed by atoms with Crippen molar-refractivity contribution < 1.29 is 22.7 Å². The molecule has 1 fully saturated rings. The van der Waals surface area contributed by atoms with Gasteiger partial charge in [-0.25, -0.2) is 18.1 Å². The van der Waals surface area contributed by atoms with Crippen LogP contribution in [0.3, 0.4) is 0 Å². The highest BCUT2D eigenvalue weighted by Crippen LogP contribution is 2.35. The van der Waals surface area contributed by atoms with Crippen molar-refractivity contribution in [3.8, 4) is 22.8 Å². The molecule has 9 nitrogen and oxygen atoms in total. The van der Waals surface area contributed by atoms with Crippen molar-refractivity contribution >= 4 is 32.5 Å². The molecular weight excluding hydrogens is 480 g/mol. The van der Waals surface area contributed by atoms with E-state index in [9.17, 15) is 13.2 Å². The molecule has 0 saturated carbocycles. The van der Waals surface area contributed by atoms with Gasteiger partial charge in [-0.2, -0.15) is 5.10 Å². The number of sulfone groups is 1. The van der Waals surface area contributed by atoms with Gasteiger partial charge >= 0.3 is 0 Å². The van der Waals surface area contributed by atoms with Gasteiger partial charge in [-0.1, -0.05) is 30.3 Å². The van der Waals surface area contributed by atoms with Gasteiger partial charge in [0.1, 0.15) is 13.2 Å². The Labute approximate surface area is 208 Å². The molecule has 2 aromatic carbocycles. The first kappa shape index (κ1) is 22.5. The third-order valence-electron chi connectivity index (χ3n) is 6.51. The molecule has 0 bridgehead atoms. The lowest BCUT2D eigenvalue weighted by Crippen LogP contribution is -2.17. The van der Waals surface area contributed by atoms with Crippen LogP contribution in [0.1, 0.15) is 28.5 Å². The summed E-state index contributed by atoms with van der Waals surface area (Å²) in [5, 5.41) is 8.22. The van der Waals surface area contributed by atoms with Gasteiger partial charge in [-0.05, 0) is 31.5 Å². The summed E-state index contributed by atoms with van der Waals surface area (Å²) in [6.07, 6.45) is 0.467. The number of rotatable bonds is 4. The lowest BCUT2D eigenvalue weighted by atomic mass is 10.0. The molecule has 1 N–H and O–H groups in total. The van der Waals surface area contributed by atoms with E-state index in [-0.39, 0.29) is 23.5 Å². The predicted molar refractivity (Wildman–Crippen MR) is 135 cm³/mol. The van der Waals surface area contributed by atoms with E-state index in [1.54, 1.807) is 28.9 Å². The molecule has 4 heterocycles. The molecule has 1 unspecified atom stereocenters. The summed E-state index contributed by atoms with van der Waals surface area (Å²) in [5.74, 6) is 1.03. The Balaban J connectivity index is 1.46. The third-order valence-corrected chi connectivity index (χ3v) is 8.26. The second-order valence-electron chi connectivity index (χ2n) is 9.02. The molecule has 1 amide bonds. The van der Waals surface area contributed by atoms with Crippen LogP contribution < -0.4 is 14.8 Å². The average Bonchev–Trinajstić information content (AvgIpc) is 3.42. The SMILES string of the molecule is Cc1nn(C2CCS(=O)(=O)C2)c2nc(-c3ccccc3)cc(C(=O)Nc3ccc4c(c3)OCCO4)c12. The number of benzene rings is 2. The van der Waals surface area contributed by atoms with E-state index < -0.39 is 9.84 Å². The number of anilines is 1. The first-order valence-corrected chi connectivity index (χ1v) is 13.6. The smallest absolute Gasteiger partial charge is 0.256 e. The van der Waals surface area contributed by atoms with Crippen molar-refractivity contribution in [2.24, 2.45) is 0 Å². The van der Waals surface area contributed by atoms with Crippen LogP contribution in [0.15, 0.2) is 54.6 Å². The maximum atomic E-state index is 13.6. The molecule has 0 radical (unpaired) electrons. The number of nitrogens with one attached hydrogen (secondary N) is 1. The van der Waals surface area contributed by atoms with Crippen LogP contribution in [0.4, 0.5) is 5.69 Å². The Morgan fingerprint density at radius 2 is 1.83 bits per heavy atom. The summed E-state index contributed by atoms with van der Waals surface area (Å²) in [6.45, 7) is 2.75. The van der Waals surface area contributed by atoms with Crippen LogP contribution in [0.25, 0.3) is 22.3 Å². The number of fused-ring (bicyclic) bond motifs is 2. The summed E-state index contributed by atoms with van der Waals surface area (Å²) >= 11 is 0. The maximum absolute atomic E-state index is 13.6. The van der Waals surface area contributed by atoms with Gasteiger partial charge in [0.2, 0.25) is 0 Å². The van der Waals surface area contributed by atoms with Gasteiger partial charge in [-0.3, -0.25) is 4.79 Å². The fourth-order valence-corrected chi connectivity index (χ4v) is 6.48. The number of pyridine rings is 1. The molecule has 0 spiro atoms. The van der Waals surface area contributed by atoms with Crippen molar-refractivity contribution in [1.82, 2.24) is 14.8 Å². The predicted octanol–water partition coefficient (Wildman–Crippen LogP) is 3.79. The van der Waals surface area contributed by atoms with E-state index in [4.69, 9.17) is 14.5 Å². The number of carbonyl (C=O) groups excluding carboxylic acids is 1. The fraction of sp³-hybridized carbons (Fsp3) is 0.269. The summed E-state index contributed by atoms with van der Waals surface area (Å²) in [6, 6.07) is 16.3. The molecule has 2 aromatic heterocycles. The number of nitrogens with zero attached hydrogens (tertiary/aromatic N) is 3. The fourth-order valence-electron chi connectivity index (χ4n) is 4.79. The largest absolute Gasteiger partial charge is 0.486 e. The Bertz CT molecular complexity index is 1600. The topological polar surface area (TPSA) is 112 Å². The van der Waals surface area contributed by atoms with Gasteiger partial charge in [-0.15, -0.1) is 0 Å². The highest BCUT2D eigenvalue weighted by Gasteiger charge is 2.32. The minimum Gasteiger partial charge on any atom is -0.486 e. The van der Waals surface area contributed by atoms with Crippen molar-refractivity contribution in [1.29, 1.82) is 0 Å². The summed E-state index contributed by atoms with van der Waals surface area (Å²) in [4.78, 5) is 18.5. The van der Waals surface area contributed by atoms with Gasteiger partial charge in [0.25, 0.3) is 5.91 Å². The van der Waals surface area contributed by atoms with Crippen LogP contribution >= 0.6 is 0 Å². The van der Waals surface area contributed by atoms with E-state index in [0.29, 0.717) is 64.8 Å². The van der Waals surface area contributed by atoms with E-state index >= 15 is 0 Å². The second kappa shape index (κ2) is 8.63. The van der Waals surface area contributed by atoms with Gasteiger partial charge in [0.15, 0.2) is 27.0 Å². The molecule has 1 saturated heterocycles. The van der Waals surface area contributed by atoms with Crippen molar-refractivity contribution in [2.45, 2.75) is 19.4 Å². The Morgan fingerprint density at radius 1 is 1.06 bits per heavy atom. The number of ether oxygens (including phenoxy) is 2. The van der Waals surface area contributed by atoms with Crippen molar-refractivity contribution in [3.63, 3.8) is 0 Å². The highest BCUT2D eigenvalue weighted by atomic mass is 32.2. The zero-order valence-corrected chi connectivity index (χ0v) is 20.4. The number of hydrogen-bond acceptors (Lipinski definition) is 7. The van der Waals surface area contributed by atoms with Crippen LogP contribution in [-0.2, 0) is 9.84 Å². The van der Waals surface area contributed by atoms with E-state index in [1.807, 2.05) is 37.3 Å². The Morgan fingerprint density at radius 3 is 2.58 bits per heavy atom. The first-order valence-electron chi connectivity index (χ1n) is 11.7. The third kappa shape index (κ3) is 4.07. The van der Waals surface area contributed by atoms with Crippen LogP contribution in [-0.4, -0.2) is 53.8 Å². The minimum absolute atomic E-state index is 0.0131. The maximum Gasteiger partial charge on any atom is 0.256 e. The molecule has 6 rings (SSSR count). The van der Waals surface area contributed by atoms with Gasteiger partial charge in [0.05, 0.1) is 39.9 Å². The molecular formula is C26H24N4O5S. The molecule has 184 valence electrons. The highest BCUT2D eigenvalue weighted by molar-refractivity contribution is 7.91. The minimum atomic E-state index is -3.13. The molecule has 10 heteroatoms. The lowest BCUT2D eigenvalue weighted by Gasteiger charge is -2.19. The Kier molecular flexibility index (Phi) is 5.40. The van der Waals surface area contributed by atoms with E-state index in [1.165, 1.54) is 0 Å². The second-order valence-corrected chi connectivity index (χ2v) is 11.2. The molecule has 0 aliphatic carbocycles. The average molecular weight is 505 g/mol. The monoisotopic (exact) mass is 504 g/mol. The molecule has 36 heavy (non-hydrogen) atoms. The number of hydrogen-bond donors (Lipinski definition) is 1. The number of carbonyl (C=O) groups is 1. The Hall–Kier alpha value is -3.92. The van der Waals surface area contributed by atoms with E-state index in [0.717, 1.165) is 5.56 Å². The molecule has 2 aliphatic rings. The van der Waals surface area contributed by atoms with Crippen LogP contribution in [0.5, 0.6) is 11.5 Å². The van der Waals surface area contributed by atoms with Gasteiger partial charge in [0, 0.05) is 17.3 Å². The van der Waals surface area contributed by atoms with Crippen LogP contribution in [0, 0.1) is 6.92 Å². The first-order chi connectivity index (χ1) is 17.4. The van der Waals surface area contributed by atoms with Crippen molar-refractivity contribution in [2.75, 3.05) is 30.0 Å². The molecule has 4 aromatic rings. The standard InChI is InChI=1S/C26H24N4O5S/c1-16-24-20(26(31)27-18-7-8-22-23(13-18)35-11-10-34-22)14-21(17-5-3-2-4-6-17)28-25(24)30(29-16)19-9-12-36(32,33)15-19/h2-8,13-14,19H,9-12,15H2,1H3,(H,27,31). The number of amides is 1. The number of aromatic nitrogens is 3. The van der Waals surface area contributed by atoms with E-state index in [2.05, 4.69) is 10.4 Å². The summed E-state index contributed by atoms with van der Waals surface area (Å²) in [5.41, 5.74) is 3.56. The quantitative estimate of drug-likeness (QED) is 0.450. The summed E-state index contributed by atoms with van der Waals surface area (Å²) < 4.78 is 37.3. The zero-order chi connectivity index (χ0) is 24.9. The lowest BCUT2D eigenvalue weighted by molar-refractivity contribution is 0.102. The zero-order valence-electron chi connectivity index (χ0n) is 19.6.